The highest BCUT2D eigenvalue weighted by atomic mass is 31.2. The zero-order valence-corrected chi connectivity index (χ0v) is 42.1. The minimum absolute atomic E-state index is 0.0190. The van der Waals surface area contributed by atoms with Crippen molar-refractivity contribution in [3.63, 3.8) is 0 Å². The van der Waals surface area contributed by atoms with Crippen LogP contribution in [0, 0.1) is 0 Å². The summed E-state index contributed by atoms with van der Waals surface area (Å²) in [7, 11) is 1.20. The van der Waals surface area contributed by atoms with E-state index in [1.165, 1.54) is 44.9 Å². The molecule has 0 fully saturated rings. The SMILES string of the molecule is CC/C=C\C/C=C\C/C=C\C/C=C\C/C=C\C/C=C\C/C=C\C/C=C\CCCCCCC(=O)NC(COP(=O)([O-])OCC[N+](C)(C)C)C(O)/C=C/CC/C=C/CCCCCCCCC. The van der Waals surface area contributed by atoms with Crippen molar-refractivity contribution in [1.82, 2.24) is 5.32 Å². The number of nitrogens with one attached hydrogen (secondary N) is 1. The fraction of sp³-hybridized carbons (Fsp3) is 0.618. The fourth-order valence-electron chi connectivity index (χ4n) is 6.24. The number of hydrogen-bond acceptors (Lipinski definition) is 6. The summed E-state index contributed by atoms with van der Waals surface area (Å²) in [5.74, 6) is -0.239. The van der Waals surface area contributed by atoms with Crippen LogP contribution in [0.25, 0.3) is 0 Å². The van der Waals surface area contributed by atoms with E-state index in [0.29, 0.717) is 23.9 Å². The molecule has 0 saturated carbocycles. The van der Waals surface area contributed by atoms with Crippen LogP contribution < -0.4 is 10.2 Å². The van der Waals surface area contributed by atoms with Crippen LogP contribution in [0.3, 0.4) is 0 Å². The van der Waals surface area contributed by atoms with Crippen molar-refractivity contribution in [2.24, 2.45) is 0 Å². The average molecular weight is 909 g/mol. The molecule has 0 saturated heterocycles. The number of carbonyl (C=O) groups is 1. The van der Waals surface area contributed by atoms with Crippen molar-refractivity contribution in [1.29, 1.82) is 0 Å². The monoisotopic (exact) mass is 909 g/mol. The van der Waals surface area contributed by atoms with Crippen LogP contribution in [0.2, 0.25) is 0 Å². The Labute approximate surface area is 393 Å². The number of phosphoric acid groups is 1. The summed E-state index contributed by atoms with van der Waals surface area (Å²) in [4.78, 5) is 25.3. The third kappa shape index (κ3) is 46.9. The molecule has 0 radical (unpaired) electrons. The second-order valence-electron chi connectivity index (χ2n) is 17.4. The van der Waals surface area contributed by atoms with Crippen LogP contribution in [0.1, 0.15) is 168 Å². The lowest BCUT2D eigenvalue weighted by Crippen LogP contribution is -2.45. The Kier molecular flexibility index (Phi) is 42.9. The summed E-state index contributed by atoms with van der Waals surface area (Å²) in [6.45, 7) is 4.45. The summed E-state index contributed by atoms with van der Waals surface area (Å²) in [5, 5.41) is 13.8. The van der Waals surface area contributed by atoms with Gasteiger partial charge < -0.3 is 28.8 Å². The Morgan fingerprint density at radius 1 is 0.562 bits per heavy atom. The molecule has 0 aromatic carbocycles. The third-order valence-electron chi connectivity index (χ3n) is 10.2. The Morgan fingerprint density at radius 3 is 1.45 bits per heavy atom. The Hall–Kier alpha value is -3.10. The molecule has 0 bridgehead atoms. The molecule has 0 aliphatic rings. The van der Waals surface area contributed by atoms with Gasteiger partial charge in [0.15, 0.2) is 0 Å². The first-order chi connectivity index (χ1) is 31.0. The van der Waals surface area contributed by atoms with E-state index in [4.69, 9.17) is 9.05 Å². The van der Waals surface area contributed by atoms with Gasteiger partial charge in [0, 0.05) is 6.42 Å². The molecule has 0 aliphatic carbocycles. The van der Waals surface area contributed by atoms with Gasteiger partial charge >= 0.3 is 0 Å². The molecule has 8 nitrogen and oxygen atoms in total. The molecule has 2 N–H and O–H groups in total. The highest BCUT2D eigenvalue weighted by Gasteiger charge is 2.23. The molecule has 0 heterocycles. The highest BCUT2D eigenvalue weighted by molar-refractivity contribution is 7.45. The molecule has 9 heteroatoms. The quantitative estimate of drug-likeness (QED) is 0.0273. The number of allylic oxidation sites excluding steroid dienone is 19. The summed E-state index contributed by atoms with van der Waals surface area (Å²) < 4.78 is 23.2. The second-order valence-corrected chi connectivity index (χ2v) is 18.8. The number of carbonyl (C=O) groups excluding carboxylic acids is 1. The van der Waals surface area contributed by atoms with E-state index in [1.807, 2.05) is 27.2 Å². The van der Waals surface area contributed by atoms with Crippen molar-refractivity contribution < 1.29 is 32.9 Å². The molecule has 0 rings (SSSR count). The molecule has 0 spiro atoms. The molecule has 0 aliphatic heterocycles. The fourth-order valence-corrected chi connectivity index (χ4v) is 6.96. The van der Waals surface area contributed by atoms with E-state index >= 15 is 0 Å². The lowest BCUT2D eigenvalue weighted by molar-refractivity contribution is -0.870. The van der Waals surface area contributed by atoms with Crippen LogP contribution >= 0.6 is 7.82 Å². The van der Waals surface area contributed by atoms with Gasteiger partial charge in [0.25, 0.3) is 7.82 Å². The van der Waals surface area contributed by atoms with Gasteiger partial charge in [-0.15, -0.1) is 0 Å². The van der Waals surface area contributed by atoms with E-state index in [9.17, 15) is 19.4 Å². The van der Waals surface area contributed by atoms with E-state index in [-0.39, 0.29) is 12.5 Å². The van der Waals surface area contributed by atoms with Crippen LogP contribution in [0.4, 0.5) is 0 Å². The first-order valence-electron chi connectivity index (χ1n) is 24.9. The van der Waals surface area contributed by atoms with E-state index < -0.39 is 26.6 Å². The number of rotatable bonds is 43. The summed E-state index contributed by atoms with van der Waals surface area (Å²) in [6.07, 6.45) is 66.9. The topological polar surface area (TPSA) is 108 Å². The maximum absolute atomic E-state index is 12.9. The van der Waals surface area contributed by atoms with Gasteiger partial charge in [-0.2, -0.15) is 0 Å². The molecule has 364 valence electrons. The number of aliphatic hydroxyl groups is 1. The van der Waals surface area contributed by atoms with Gasteiger partial charge in [-0.25, -0.2) is 0 Å². The second kappa shape index (κ2) is 45.1. The number of hydrogen-bond donors (Lipinski definition) is 2. The standard InChI is InChI=1S/C55H93N2O6P/c1-6-8-10-12-14-16-18-20-21-22-23-24-25-26-27-28-29-30-31-32-33-34-35-37-39-41-43-45-47-49-55(59)56-53(52-63-64(60,61)62-51-50-57(3,4)5)54(58)48-46-44-42-40-38-36-19-17-15-13-11-9-7-2/h8,10,14,16,20-21,23-24,26-27,29-30,32-33,35,37-38,40,46,48,53-54,58H,6-7,9,11-13,15,17-19,22,25,28,31,34,36,39,41-45,47,49-52H2,1-5H3,(H-,56,59,60,61)/b10-8-,16-14-,21-20-,24-23-,27-26-,30-29-,33-32-,37-35-,40-38+,48-46+. The van der Waals surface area contributed by atoms with E-state index in [2.05, 4.69) is 129 Å². The predicted octanol–water partition coefficient (Wildman–Crippen LogP) is 14.0. The lowest BCUT2D eigenvalue weighted by Gasteiger charge is -2.29. The van der Waals surface area contributed by atoms with Crippen molar-refractivity contribution in [2.45, 2.75) is 180 Å². The first-order valence-corrected chi connectivity index (χ1v) is 26.4. The molecule has 0 aromatic rings. The van der Waals surface area contributed by atoms with Crippen molar-refractivity contribution >= 4 is 13.7 Å². The summed E-state index contributed by atoms with van der Waals surface area (Å²) >= 11 is 0. The first kappa shape index (κ1) is 60.9. The van der Waals surface area contributed by atoms with E-state index in [0.717, 1.165) is 96.3 Å². The van der Waals surface area contributed by atoms with Crippen molar-refractivity contribution in [2.75, 3.05) is 40.9 Å². The number of quaternary nitrogens is 1. The maximum Gasteiger partial charge on any atom is 0.268 e. The molecular weight excluding hydrogens is 816 g/mol. The maximum atomic E-state index is 12.9. The average Bonchev–Trinajstić information content (AvgIpc) is 3.25. The summed E-state index contributed by atoms with van der Waals surface area (Å²) in [5.41, 5.74) is 0. The van der Waals surface area contributed by atoms with Gasteiger partial charge in [-0.3, -0.25) is 9.36 Å². The summed E-state index contributed by atoms with van der Waals surface area (Å²) in [6, 6.07) is -0.925. The Bertz CT molecular complexity index is 1450. The number of nitrogens with zero attached hydrogens (tertiary/aromatic N) is 1. The number of unbranched alkanes of at least 4 members (excludes halogenated alkanes) is 12. The molecule has 0 aromatic heterocycles. The number of phosphoric ester groups is 1. The van der Waals surface area contributed by atoms with Crippen LogP contribution in [0.5, 0.6) is 0 Å². The highest BCUT2D eigenvalue weighted by Crippen LogP contribution is 2.38. The van der Waals surface area contributed by atoms with Gasteiger partial charge in [-0.1, -0.05) is 187 Å². The van der Waals surface area contributed by atoms with Gasteiger partial charge in [0.1, 0.15) is 13.2 Å². The van der Waals surface area contributed by atoms with E-state index in [1.54, 1.807) is 6.08 Å². The molecule has 1 amide bonds. The number of amides is 1. The third-order valence-corrected chi connectivity index (χ3v) is 11.1. The van der Waals surface area contributed by atoms with Crippen LogP contribution in [-0.4, -0.2) is 68.5 Å². The van der Waals surface area contributed by atoms with Crippen molar-refractivity contribution in [3.8, 4) is 0 Å². The smallest absolute Gasteiger partial charge is 0.268 e. The zero-order valence-electron chi connectivity index (χ0n) is 41.2. The number of aliphatic hydroxyl groups excluding tert-OH is 1. The van der Waals surface area contributed by atoms with Gasteiger partial charge in [-0.05, 0) is 96.3 Å². The van der Waals surface area contributed by atoms with Crippen LogP contribution in [-0.2, 0) is 18.4 Å². The zero-order chi connectivity index (χ0) is 47.1. The predicted molar refractivity (Wildman–Crippen MR) is 274 cm³/mol. The van der Waals surface area contributed by atoms with Gasteiger partial charge in [0.2, 0.25) is 5.91 Å². The Balaban J connectivity index is 4.38. The Morgan fingerprint density at radius 2 is 0.969 bits per heavy atom. The normalized spacial score (nSPS) is 15.2. The lowest BCUT2D eigenvalue weighted by atomic mass is 10.1. The molecular formula is C55H93N2O6P. The largest absolute Gasteiger partial charge is 0.756 e. The molecule has 3 unspecified atom stereocenters. The van der Waals surface area contributed by atoms with Gasteiger partial charge in [0.05, 0.1) is 39.9 Å². The minimum Gasteiger partial charge on any atom is -0.756 e. The number of likely N-dealkylation sites (N-methyl/N-ethyl adjacent to an activating group) is 1. The minimum atomic E-state index is -4.61. The van der Waals surface area contributed by atoms with Crippen LogP contribution in [0.15, 0.2) is 122 Å². The van der Waals surface area contributed by atoms with Crippen molar-refractivity contribution in [3.05, 3.63) is 122 Å². The molecule has 3 atom stereocenters. The molecule has 64 heavy (non-hydrogen) atoms.